The number of hydrogen-bond acceptors (Lipinski definition) is 4. The highest BCUT2D eigenvalue weighted by Gasteiger charge is 2.01. The summed E-state index contributed by atoms with van der Waals surface area (Å²) in [6.45, 7) is 0. The van der Waals surface area contributed by atoms with Gasteiger partial charge in [0.1, 0.15) is 17.8 Å². The minimum absolute atomic E-state index is 0.741. The number of pyridine rings is 1. The number of nitrogens with zero attached hydrogens (tertiary/aromatic N) is 3. The molecule has 2 aromatic heterocycles. The zero-order chi connectivity index (χ0) is 12.2. The van der Waals surface area contributed by atoms with E-state index in [2.05, 4.69) is 20.2 Å². The fourth-order valence-electron chi connectivity index (χ4n) is 1.57. The number of aromatic nitrogens is 4. The Kier molecular flexibility index (Phi) is 2.71. The highest BCUT2D eigenvalue weighted by atomic mass is 16.5. The van der Waals surface area contributed by atoms with Gasteiger partial charge in [-0.05, 0) is 36.4 Å². The second-order valence-corrected chi connectivity index (χ2v) is 3.64. The lowest BCUT2D eigenvalue weighted by molar-refractivity contribution is 0.482. The van der Waals surface area contributed by atoms with Crippen molar-refractivity contribution < 1.29 is 4.74 Å². The Morgan fingerprint density at radius 3 is 2.28 bits per heavy atom. The lowest BCUT2D eigenvalue weighted by atomic mass is 10.2. The predicted molar refractivity (Wildman–Crippen MR) is 66.1 cm³/mol. The van der Waals surface area contributed by atoms with E-state index in [1.54, 1.807) is 12.4 Å². The van der Waals surface area contributed by atoms with Crippen LogP contribution in [0.3, 0.4) is 0 Å². The number of rotatable bonds is 3. The Hall–Kier alpha value is -2.69. The zero-order valence-corrected chi connectivity index (χ0v) is 9.45. The quantitative estimate of drug-likeness (QED) is 0.761. The van der Waals surface area contributed by atoms with Gasteiger partial charge in [-0.15, -0.1) is 0 Å². The molecule has 5 nitrogen and oxygen atoms in total. The number of benzene rings is 1. The molecular formula is C13H10N4O. The van der Waals surface area contributed by atoms with Crippen LogP contribution in [0.5, 0.6) is 11.5 Å². The molecule has 18 heavy (non-hydrogen) atoms. The molecule has 3 aromatic rings. The topological polar surface area (TPSA) is 63.7 Å². The summed E-state index contributed by atoms with van der Waals surface area (Å²) in [7, 11) is 0. The number of ether oxygens (including phenoxy) is 1. The van der Waals surface area contributed by atoms with Gasteiger partial charge in [0.25, 0.3) is 0 Å². The third-order valence-electron chi connectivity index (χ3n) is 2.43. The van der Waals surface area contributed by atoms with Crippen LogP contribution in [0, 0.1) is 0 Å². The molecule has 0 saturated heterocycles. The van der Waals surface area contributed by atoms with E-state index in [9.17, 15) is 0 Å². The van der Waals surface area contributed by atoms with Gasteiger partial charge < -0.3 is 4.74 Å². The van der Waals surface area contributed by atoms with E-state index in [1.807, 2.05) is 36.4 Å². The second-order valence-electron chi connectivity index (χ2n) is 3.64. The molecule has 1 aromatic carbocycles. The SMILES string of the molecule is c1cc(Oc2ccc(-c3ncn[nH]3)cc2)ccn1. The monoisotopic (exact) mass is 238 g/mol. The molecule has 2 heterocycles. The Morgan fingerprint density at radius 2 is 1.61 bits per heavy atom. The van der Waals surface area contributed by atoms with Crippen LogP contribution in [0.25, 0.3) is 11.4 Å². The summed E-state index contributed by atoms with van der Waals surface area (Å²) in [4.78, 5) is 8.02. The normalized spacial score (nSPS) is 10.2. The minimum Gasteiger partial charge on any atom is -0.457 e. The largest absolute Gasteiger partial charge is 0.457 e. The van der Waals surface area contributed by atoms with E-state index < -0.39 is 0 Å². The summed E-state index contributed by atoms with van der Waals surface area (Å²) in [6, 6.07) is 11.2. The third kappa shape index (κ3) is 2.20. The van der Waals surface area contributed by atoms with Crippen molar-refractivity contribution in [3.63, 3.8) is 0 Å². The maximum Gasteiger partial charge on any atom is 0.155 e. The molecule has 0 spiro atoms. The van der Waals surface area contributed by atoms with Gasteiger partial charge in [0.2, 0.25) is 0 Å². The predicted octanol–water partition coefficient (Wildman–Crippen LogP) is 2.66. The number of aromatic amines is 1. The molecule has 0 saturated carbocycles. The highest BCUT2D eigenvalue weighted by molar-refractivity contribution is 5.55. The van der Waals surface area contributed by atoms with Crippen molar-refractivity contribution in [1.82, 2.24) is 20.2 Å². The Morgan fingerprint density at radius 1 is 0.889 bits per heavy atom. The fourth-order valence-corrected chi connectivity index (χ4v) is 1.57. The number of hydrogen-bond donors (Lipinski definition) is 1. The van der Waals surface area contributed by atoms with E-state index in [1.165, 1.54) is 6.33 Å². The maximum absolute atomic E-state index is 5.66. The van der Waals surface area contributed by atoms with Gasteiger partial charge in [0, 0.05) is 18.0 Å². The van der Waals surface area contributed by atoms with Crippen LogP contribution < -0.4 is 4.74 Å². The highest BCUT2D eigenvalue weighted by Crippen LogP contribution is 2.23. The molecule has 0 atom stereocenters. The third-order valence-corrected chi connectivity index (χ3v) is 2.43. The van der Waals surface area contributed by atoms with Gasteiger partial charge >= 0.3 is 0 Å². The van der Waals surface area contributed by atoms with Crippen LogP contribution in [-0.2, 0) is 0 Å². The average molecular weight is 238 g/mol. The molecule has 0 bridgehead atoms. The Labute approximate surface area is 103 Å². The molecule has 3 rings (SSSR count). The van der Waals surface area contributed by atoms with Crippen molar-refractivity contribution in [1.29, 1.82) is 0 Å². The van der Waals surface area contributed by atoms with Crippen molar-refractivity contribution in [2.45, 2.75) is 0 Å². The molecule has 0 aliphatic rings. The lowest BCUT2D eigenvalue weighted by Crippen LogP contribution is -1.85. The van der Waals surface area contributed by atoms with Crippen LogP contribution in [0.1, 0.15) is 0 Å². The molecular weight excluding hydrogens is 228 g/mol. The van der Waals surface area contributed by atoms with Crippen molar-refractivity contribution in [3.05, 3.63) is 55.1 Å². The van der Waals surface area contributed by atoms with E-state index in [0.717, 1.165) is 22.9 Å². The van der Waals surface area contributed by atoms with Crippen LogP contribution in [-0.4, -0.2) is 20.2 Å². The first-order valence-electron chi connectivity index (χ1n) is 5.45. The van der Waals surface area contributed by atoms with E-state index >= 15 is 0 Å². The summed E-state index contributed by atoms with van der Waals surface area (Å²) < 4.78 is 5.66. The first-order chi connectivity index (χ1) is 8.92. The molecule has 0 aliphatic heterocycles. The second kappa shape index (κ2) is 4.67. The van der Waals surface area contributed by atoms with Gasteiger partial charge in [-0.1, -0.05) is 0 Å². The van der Waals surface area contributed by atoms with Gasteiger partial charge in [0.15, 0.2) is 5.82 Å². The van der Waals surface area contributed by atoms with Crippen LogP contribution >= 0.6 is 0 Å². The molecule has 1 N–H and O–H groups in total. The summed E-state index contributed by atoms with van der Waals surface area (Å²) in [5, 5.41) is 6.63. The Balaban J connectivity index is 1.80. The smallest absolute Gasteiger partial charge is 0.155 e. The van der Waals surface area contributed by atoms with Crippen LogP contribution in [0.4, 0.5) is 0 Å². The van der Waals surface area contributed by atoms with E-state index in [0.29, 0.717) is 0 Å². The summed E-state index contributed by atoms with van der Waals surface area (Å²) >= 11 is 0. The summed E-state index contributed by atoms with van der Waals surface area (Å²) in [5.74, 6) is 2.27. The van der Waals surface area contributed by atoms with Crippen molar-refractivity contribution >= 4 is 0 Å². The Bertz CT molecular complexity index is 605. The lowest BCUT2D eigenvalue weighted by Gasteiger charge is -2.05. The van der Waals surface area contributed by atoms with Gasteiger partial charge in [-0.25, -0.2) is 4.98 Å². The molecule has 0 fully saturated rings. The van der Waals surface area contributed by atoms with Gasteiger partial charge in [0.05, 0.1) is 0 Å². The standard InChI is InChI=1S/C13H10N4O/c1-3-11(18-12-5-7-14-8-6-12)4-2-10(1)13-15-9-16-17-13/h1-9H,(H,15,16,17). The summed E-state index contributed by atoms with van der Waals surface area (Å²) in [5.41, 5.74) is 0.967. The first kappa shape index (κ1) is 10.5. The molecule has 0 aliphatic carbocycles. The zero-order valence-electron chi connectivity index (χ0n) is 9.45. The molecule has 88 valence electrons. The summed E-state index contributed by atoms with van der Waals surface area (Å²) in [6.07, 6.45) is 4.87. The van der Waals surface area contributed by atoms with Crippen LogP contribution in [0.2, 0.25) is 0 Å². The molecule has 0 amide bonds. The van der Waals surface area contributed by atoms with E-state index in [4.69, 9.17) is 4.74 Å². The maximum atomic E-state index is 5.66. The van der Waals surface area contributed by atoms with Gasteiger partial charge in [-0.3, -0.25) is 10.1 Å². The minimum atomic E-state index is 0.741. The average Bonchev–Trinajstić information content (AvgIpc) is 2.95. The van der Waals surface area contributed by atoms with E-state index in [-0.39, 0.29) is 0 Å². The molecule has 0 unspecified atom stereocenters. The van der Waals surface area contributed by atoms with Crippen molar-refractivity contribution in [2.75, 3.05) is 0 Å². The van der Waals surface area contributed by atoms with Gasteiger partial charge in [-0.2, -0.15) is 5.10 Å². The molecule has 0 radical (unpaired) electrons. The number of H-pyrrole nitrogens is 1. The van der Waals surface area contributed by atoms with Crippen molar-refractivity contribution in [2.24, 2.45) is 0 Å². The van der Waals surface area contributed by atoms with Crippen molar-refractivity contribution in [3.8, 4) is 22.9 Å². The molecule has 5 heteroatoms. The first-order valence-corrected chi connectivity index (χ1v) is 5.45. The fraction of sp³-hybridized carbons (Fsp3) is 0. The number of nitrogens with one attached hydrogen (secondary N) is 1. The van der Waals surface area contributed by atoms with Crippen LogP contribution in [0.15, 0.2) is 55.1 Å².